The highest BCUT2D eigenvalue weighted by molar-refractivity contribution is 7.99. The van der Waals surface area contributed by atoms with Crippen LogP contribution in [0, 0.1) is 13.8 Å². The molecule has 1 N–H and O–H groups in total. The van der Waals surface area contributed by atoms with Gasteiger partial charge in [0.1, 0.15) is 12.4 Å². The Morgan fingerprint density at radius 3 is 2.72 bits per heavy atom. The number of carbonyl (C=O) groups excluding carboxylic acids is 1. The smallest absolute Gasteiger partial charge is 0.234 e. The number of hydrogen-bond donors (Lipinski definition) is 1. The summed E-state index contributed by atoms with van der Waals surface area (Å²) in [6.07, 6.45) is 0. The van der Waals surface area contributed by atoms with Crippen LogP contribution >= 0.6 is 23.4 Å². The number of thioether (sulfide) groups is 1. The zero-order valence-corrected chi connectivity index (χ0v) is 18.2. The summed E-state index contributed by atoms with van der Waals surface area (Å²) >= 11 is 7.41. The summed E-state index contributed by atoms with van der Waals surface area (Å²) in [5.74, 6) is 1.62. The van der Waals surface area contributed by atoms with Gasteiger partial charge in [0.15, 0.2) is 11.0 Å². The van der Waals surface area contributed by atoms with Crippen molar-refractivity contribution in [3.8, 4) is 5.75 Å². The van der Waals surface area contributed by atoms with Crippen LogP contribution in [0.1, 0.15) is 23.9 Å². The SMILES string of the molecule is CCn1c(COc2cccc(C)c2C)nnc1SCC(=O)Nc1ccccc1Cl. The maximum Gasteiger partial charge on any atom is 0.234 e. The summed E-state index contributed by atoms with van der Waals surface area (Å²) in [5.41, 5.74) is 2.89. The predicted octanol–water partition coefficient (Wildman–Crippen LogP) is 4.88. The second kappa shape index (κ2) is 9.80. The number of carbonyl (C=O) groups is 1. The second-order valence-electron chi connectivity index (χ2n) is 6.45. The fraction of sp³-hybridized carbons (Fsp3) is 0.286. The Morgan fingerprint density at radius 1 is 1.17 bits per heavy atom. The molecule has 8 heteroatoms. The molecule has 0 spiro atoms. The van der Waals surface area contributed by atoms with E-state index in [2.05, 4.69) is 28.5 Å². The number of ether oxygens (including phenoxy) is 1. The number of nitrogens with zero attached hydrogens (tertiary/aromatic N) is 3. The van der Waals surface area contributed by atoms with Crippen LogP contribution in [-0.2, 0) is 17.9 Å². The van der Waals surface area contributed by atoms with E-state index in [4.69, 9.17) is 16.3 Å². The number of halogens is 1. The first kappa shape index (κ1) is 21.2. The van der Waals surface area contributed by atoms with Crippen molar-refractivity contribution in [3.05, 3.63) is 64.4 Å². The van der Waals surface area contributed by atoms with Crippen LogP contribution in [0.25, 0.3) is 0 Å². The van der Waals surface area contributed by atoms with Crippen LogP contribution in [0.2, 0.25) is 5.02 Å². The summed E-state index contributed by atoms with van der Waals surface area (Å²) in [5, 5.41) is 12.5. The molecule has 1 amide bonds. The molecule has 29 heavy (non-hydrogen) atoms. The zero-order valence-electron chi connectivity index (χ0n) is 16.6. The minimum absolute atomic E-state index is 0.151. The summed E-state index contributed by atoms with van der Waals surface area (Å²) in [6, 6.07) is 13.1. The number of amides is 1. The Balaban J connectivity index is 1.61. The molecule has 1 aromatic heterocycles. The Kier molecular flexibility index (Phi) is 7.17. The summed E-state index contributed by atoms with van der Waals surface area (Å²) in [4.78, 5) is 12.3. The molecule has 0 unspecified atom stereocenters. The molecule has 0 bridgehead atoms. The Bertz CT molecular complexity index is 1010. The van der Waals surface area contributed by atoms with Crippen molar-refractivity contribution in [2.75, 3.05) is 11.1 Å². The number of nitrogens with one attached hydrogen (secondary N) is 1. The van der Waals surface area contributed by atoms with Gasteiger partial charge in [0.2, 0.25) is 5.91 Å². The molecule has 3 rings (SSSR count). The van der Waals surface area contributed by atoms with Gasteiger partial charge in [0, 0.05) is 6.54 Å². The van der Waals surface area contributed by atoms with Crippen LogP contribution in [0.4, 0.5) is 5.69 Å². The molecule has 0 radical (unpaired) electrons. The van der Waals surface area contributed by atoms with Gasteiger partial charge in [-0.3, -0.25) is 4.79 Å². The van der Waals surface area contributed by atoms with Gasteiger partial charge < -0.3 is 14.6 Å². The van der Waals surface area contributed by atoms with E-state index in [9.17, 15) is 4.79 Å². The molecule has 6 nitrogen and oxygen atoms in total. The van der Waals surface area contributed by atoms with Gasteiger partial charge in [-0.1, -0.05) is 47.6 Å². The molecule has 0 aliphatic carbocycles. The lowest BCUT2D eigenvalue weighted by molar-refractivity contribution is -0.113. The van der Waals surface area contributed by atoms with Gasteiger partial charge in [-0.2, -0.15) is 0 Å². The normalized spacial score (nSPS) is 10.8. The van der Waals surface area contributed by atoms with Crippen molar-refractivity contribution < 1.29 is 9.53 Å². The quantitative estimate of drug-likeness (QED) is 0.516. The maximum atomic E-state index is 12.3. The number of rotatable bonds is 8. The molecule has 0 aliphatic rings. The fourth-order valence-electron chi connectivity index (χ4n) is 2.75. The first-order valence-electron chi connectivity index (χ1n) is 9.27. The van der Waals surface area contributed by atoms with Crippen molar-refractivity contribution in [2.45, 2.75) is 39.1 Å². The molecular weight excluding hydrogens is 408 g/mol. The average Bonchev–Trinajstić information content (AvgIpc) is 3.11. The summed E-state index contributed by atoms with van der Waals surface area (Å²) in [6.45, 7) is 7.11. The number of para-hydroxylation sites is 1. The summed E-state index contributed by atoms with van der Waals surface area (Å²) < 4.78 is 7.91. The van der Waals surface area contributed by atoms with Crippen LogP contribution in [0.3, 0.4) is 0 Å². The maximum absolute atomic E-state index is 12.3. The van der Waals surface area contributed by atoms with Gasteiger partial charge >= 0.3 is 0 Å². The Morgan fingerprint density at radius 2 is 1.97 bits per heavy atom. The minimum Gasteiger partial charge on any atom is -0.485 e. The average molecular weight is 431 g/mol. The van der Waals surface area contributed by atoms with Crippen molar-refractivity contribution >= 4 is 35.0 Å². The number of hydrogen-bond acceptors (Lipinski definition) is 5. The fourth-order valence-corrected chi connectivity index (χ4v) is 3.76. The molecule has 0 saturated carbocycles. The Hall–Kier alpha value is -2.51. The highest BCUT2D eigenvalue weighted by Crippen LogP contribution is 2.24. The van der Waals surface area contributed by atoms with E-state index in [-0.39, 0.29) is 11.7 Å². The first-order chi connectivity index (χ1) is 14.0. The van der Waals surface area contributed by atoms with E-state index >= 15 is 0 Å². The second-order valence-corrected chi connectivity index (χ2v) is 7.80. The van der Waals surface area contributed by atoms with E-state index < -0.39 is 0 Å². The number of aromatic nitrogens is 3. The molecule has 3 aromatic rings. The van der Waals surface area contributed by atoms with Crippen LogP contribution in [0.5, 0.6) is 5.75 Å². The van der Waals surface area contributed by atoms with Gasteiger partial charge in [-0.15, -0.1) is 10.2 Å². The first-order valence-corrected chi connectivity index (χ1v) is 10.6. The van der Waals surface area contributed by atoms with Crippen LogP contribution in [0.15, 0.2) is 47.6 Å². The summed E-state index contributed by atoms with van der Waals surface area (Å²) in [7, 11) is 0. The highest BCUT2D eigenvalue weighted by atomic mass is 35.5. The molecular formula is C21H23ClN4O2S. The van der Waals surface area contributed by atoms with E-state index in [0.29, 0.717) is 29.0 Å². The third-order valence-corrected chi connectivity index (χ3v) is 5.80. The lowest BCUT2D eigenvalue weighted by Gasteiger charge is -2.12. The topological polar surface area (TPSA) is 69.0 Å². The van der Waals surface area contributed by atoms with E-state index in [1.165, 1.54) is 17.3 Å². The lowest BCUT2D eigenvalue weighted by atomic mass is 10.1. The largest absolute Gasteiger partial charge is 0.485 e. The Labute approximate surface area is 179 Å². The molecule has 1 heterocycles. The molecule has 0 atom stereocenters. The zero-order chi connectivity index (χ0) is 20.8. The minimum atomic E-state index is -0.151. The van der Waals surface area contributed by atoms with Gasteiger partial charge in [0.05, 0.1) is 16.5 Å². The number of benzene rings is 2. The van der Waals surface area contributed by atoms with Gasteiger partial charge in [-0.25, -0.2) is 0 Å². The van der Waals surface area contributed by atoms with Gasteiger partial charge in [-0.05, 0) is 50.1 Å². The van der Waals surface area contributed by atoms with E-state index in [0.717, 1.165) is 17.1 Å². The third kappa shape index (κ3) is 5.31. The van der Waals surface area contributed by atoms with Crippen molar-refractivity contribution in [3.63, 3.8) is 0 Å². The lowest BCUT2D eigenvalue weighted by Crippen LogP contribution is -2.15. The van der Waals surface area contributed by atoms with Crippen molar-refractivity contribution in [1.29, 1.82) is 0 Å². The van der Waals surface area contributed by atoms with Crippen molar-refractivity contribution in [1.82, 2.24) is 14.8 Å². The number of anilines is 1. The van der Waals surface area contributed by atoms with Crippen molar-refractivity contribution in [2.24, 2.45) is 0 Å². The molecule has 0 aliphatic heterocycles. The van der Waals surface area contributed by atoms with E-state index in [1.807, 2.05) is 42.7 Å². The van der Waals surface area contributed by atoms with Crippen LogP contribution < -0.4 is 10.1 Å². The predicted molar refractivity (Wildman–Crippen MR) is 117 cm³/mol. The van der Waals surface area contributed by atoms with Gasteiger partial charge in [0.25, 0.3) is 0 Å². The number of aryl methyl sites for hydroxylation is 1. The molecule has 2 aromatic carbocycles. The molecule has 152 valence electrons. The standard InChI is InChI=1S/C21H23ClN4O2S/c1-4-26-19(12-28-18-11-7-8-14(2)15(18)3)24-25-21(26)29-13-20(27)23-17-10-6-5-9-16(17)22/h5-11H,4,12-13H2,1-3H3,(H,23,27). The third-order valence-electron chi connectivity index (χ3n) is 4.50. The monoisotopic (exact) mass is 430 g/mol. The van der Waals surface area contributed by atoms with Crippen LogP contribution in [-0.4, -0.2) is 26.4 Å². The molecule has 0 fully saturated rings. The van der Waals surface area contributed by atoms with E-state index in [1.54, 1.807) is 12.1 Å². The molecule has 0 saturated heterocycles. The highest BCUT2D eigenvalue weighted by Gasteiger charge is 2.15.